The highest BCUT2D eigenvalue weighted by Crippen LogP contribution is 2.34. The predicted molar refractivity (Wildman–Crippen MR) is 127 cm³/mol. The predicted octanol–water partition coefficient (Wildman–Crippen LogP) is 5.61. The lowest BCUT2D eigenvalue weighted by atomic mass is 10.1. The first-order chi connectivity index (χ1) is 13.9. The van der Waals surface area contributed by atoms with E-state index >= 15 is 0 Å². The van der Waals surface area contributed by atoms with Crippen molar-refractivity contribution in [2.45, 2.75) is 20.3 Å². The van der Waals surface area contributed by atoms with Crippen LogP contribution in [0.3, 0.4) is 0 Å². The van der Waals surface area contributed by atoms with Crippen molar-refractivity contribution >= 4 is 56.2 Å². The van der Waals surface area contributed by atoms with Crippen LogP contribution in [0.2, 0.25) is 0 Å². The Morgan fingerprint density at radius 2 is 1.93 bits per heavy atom. The van der Waals surface area contributed by atoms with Crippen LogP contribution in [0.25, 0.3) is 6.08 Å². The Morgan fingerprint density at radius 1 is 1.17 bits per heavy atom. The average Bonchev–Trinajstić information content (AvgIpc) is 2.93. The van der Waals surface area contributed by atoms with Gasteiger partial charge in [0.2, 0.25) is 0 Å². The number of benzene rings is 2. The summed E-state index contributed by atoms with van der Waals surface area (Å²) >= 11 is 9.97. The van der Waals surface area contributed by atoms with E-state index in [0.29, 0.717) is 28.2 Å². The van der Waals surface area contributed by atoms with E-state index in [-0.39, 0.29) is 5.91 Å². The van der Waals surface area contributed by atoms with E-state index in [0.717, 1.165) is 22.2 Å². The number of thioether (sulfide) groups is 1. The summed E-state index contributed by atoms with van der Waals surface area (Å²) in [7, 11) is 1.68. The van der Waals surface area contributed by atoms with Crippen molar-refractivity contribution in [1.29, 1.82) is 0 Å². The summed E-state index contributed by atoms with van der Waals surface area (Å²) in [6.07, 6.45) is 2.79. The fourth-order valence-corrected chi connectivity index (χ4v) is 4.42. The number of rotatable bonds is 7. The highest BCUT2D eigenvalue weighted by atomic mass is 79.9. The Hall–Kier alpha value is -1.83. The molecule has 29 heavy (non-hydrogen) atoms. The topological polar surface area (TPSA) is 38.8 Å². The maximum absolute atomic E-state index is 12.3. The molecule has 3 rings (SSSR count). The Morgan fingerprint density at radius 3 is 2.62 bits per heavy atom. The van der Waals surface area contributed by atoms with E-state index in [2.05, 4.69) is 41.9 Å². The smallest absolute Gasteiger partial charge is 0.265 e. The van der Waals surface area contributed by atoms with Gasteiger partial charge in [0, 0.05) is 17.1 Å². The molecule has 0 aliphatic carbocycles. The molecule has 0 bridgehead atoms. The fourth-order valence-electron chi connectivity index (χ4n) is 2.87. The van der Waals surface area contributed by atoms with Crippen molar-refractivity contribution in [3.05, 3.63) is 62.5 Å². The van der Waals surface area contributed by atoms with Crippen molar-refractivity contribution in [2.24, 2.45) is 0 Å². The first kappa shape index (κ1) is 21.9. The number of thiocarbonyl (C=S) groups is 1. The maximum atomic E-state index is 12.3. The number of nitrogens with zero attached hydrogens (tertiary/aromatic N) is 1. The van der Waals surface area contributed by atoms with Crippen molar-refractivity contribution in [2.75, 3.05) is 20.3 Å². The van der Waals surface area contributed by atoms with Crippen LogP contribution in [0, 0.1) is 6.92 Å². The Kier molecular flexibility index (Phi) is 7.38. The summed E-state index contributed by atoms with van der Waals surface area (Å²) in [5.41, 5.74) is 3.25. The summed E-state index contributed by atoms with van der Waals surface area (Å²) in [4.78, 5) is 14.4. The van der Waals surface area contributed by atoms with Gasteiger partial charge in [-0.2, -0.15) is 0 Å². The Bertz CT molecular complexity index is 975. The molecule has 1 fully saturated rings. The van der Waals surface area contributed by atoms with E-state index in [1.807, 2.05) is 30.3 Å². The van der Waals surface area contributed by atoms with E-state index in [9.17, 15) is 4.79 Å². The molecule has 1 heterocycles. The SMILES string of the molecule is CCc1cc(C)cc(OCCOc2ccc(Br)cc2/C=C2/SC(=S)N(C)C2=O)c1. The molecule has 0 atom stereocenters. The minimum atomic E-state index is -0.0968. The van der Waals surface area contributed by atoms with E-state index in [4.69, 9.17) is 21.7 Å². The minimum Gasteiger partial charge on any atom is -0.490 e. The zero-order valence-corrected chi connectivity index (χ0v) is 19.7. The van der Waals surface area contributed by atoms with Gasteiger partial charge in [-0.25, -0.2) is 0 Å². The molecular formula is C22H22BrNO3S2. The van der Waals surface area contributed by atoms with E-state index in [1.165, 1.54) is 27.8 Å². The number of amides is 1. The third-order valence-electron chi connectivity index (χ3n) is 4.37. The molecule has 1 aliphatic rings. The molecule has 0 aromatic heterocycles. The van der Waals surface area contributed by atoms with Gasteiger partial charge in [-0.15, -0.1) is 0 Å². The quantitative estimate of drug-likeness (QED) is 0.286. The van der Waals surface area contributed by atoms with Crippen LogP contribution in [0.1, 0.15) is 23.6 Å². The molecule has 0 saturated carbocycles. The van der Waals surface area contributed by atoms with Gasteiger partial charge in [0.1, 0.15) is 29.0 Å². The van der Waals surface area contributed by atoms with E-state index < -0.39 is 0 Å². The fraction of sp³-hybridized carbons (Fsp3) is 0.273. The Balaban J connectivity index is 1.67. The first-order valence-corrected chi connectivity index (χ1v) is 11.3. The van der Waals surface area contributed by atoms with Gasteiger partial charge in [-0.05, 0) is 60.9 Å². The third kappa shape index (κ3) is 5.62. The van der Waals surface area contributed by atoms with Crippen LogP contribution in [-0.4, -0.2) is 35.4 Å². The van der Waals surface area contributed by atoms with E-state index in [1.54, 1.807) is 7.05 Å². The summed E-state index contributed by atoms with van der Waals surface area (Å²) in [6.45, 7) is 5.02. The van der Waals surface area contributed by atoms with Gasteiger partial charge >= 0.3 is 0 Å². The molecule has 0 N–H and O–H groups in total. The van der Waals surface area contributed by atoms with Crippen LogP contribution in [0.5, 0.6) is 11.5 Å². The molecule has 2 aromatic carbocycles. The molecular weight excluding hydrogens is 470 g/mol. The van der Waals surface area contributed by atoms with Crippen LogP contribution in [0.15, 0.2) is 45.8 Å². The van der Waals surface area contributed by atoms with Crippen LogP contribution in [0.4, 0.5) is 0 Å². The largest absolute Gasteiger partial charge is 0.490 e. The zero-order valence-electron chi connectivity index (χ0n) is 16.5. The lowest BCUT2D eigenvalue weighted by molar-refractivity contribution is -0.121. The summed E-state index contributed by atoms with van der Waals surface area (Å²) in [6, 6.07) is 12.0. The molecule has 0 radical (unpaired) electrons. The molecule has 1 aliphatic heterocycles. The second kappa shape index (κ2) is 9.78. The number of likely N-dealkylation sites (N-methyl/N-ethyl adjacent to an activating group) is 1. The van der Waals surface area contributed by atoms with Gasteiger partial charge in [0.25, 0.3) is 5.91 Å². The summed E-state index contributed by atoms with van der Waals surface area (Å²) in [5, 5.41) is 0. The zero-order chi connectivity index (χ0) is 21.0. The average molecular weight is 492 g/mol. The highest BCUT2D eigenvalue weighted by Gasteiger charge is 2.29. The van der Waals surface area contributed by atoms with Gasteiger partial charge in [-0.1, -0.05) is 52.9 Å². The normalized spacial score (nSPS) is 15.3. The number of ether oxygens (including phenoxy) is 2. The number of halogens is 1. The Labute approximate surface area is 189 Å². The second-order valence-electron chi connectivity index (χ2n) is 6.63. The molecule has 1 saturated heterocycles. The number of carbonyl (C=O) groups excluding carboxylic acids is 1. The number of hydrogen-bond donors (Lipinski definition) is 0. The molecule has 0 spiro atoms. The van der Waals surface area contributed by atoms with Crippen LogP contribution in [-0.2, 0) is 11.2 Å². The molecule has 152 valence electrons. The second-order valence-corrected chi connectivity index (χ2v) is 9.22. The van der Waals surface area contributed by atoms with Gasteiger partial charge in [0.15, 0.2) is 0 Å². The van der Waals surface area contributed by atoms with Crippen molar-refractivity contribution in [1.82, 2.24) is 4.90 Å². The highest BCUT2D eigenvalue weighted by molar-refractivity contribution is 9.10. The molecule has 7 heteroatoms. The lowest BCUT2D eigenvalue weighted by Crippen LogP contribution is -2.22. The summed E-state index contributed by atoms with van der Waals surface area (Å²) < 4.78 is 13.3. The van der Waals surface area contributed by atoms with Crippen LogP contribution < -0.4 is 9.47 Å². The number of hydrogen-bond acceptors (Lipinski definition) is 5. The van der Waals surface area contributed by atoms with Crippen molar-refractivity contribution < 1.29 is 14.3 Å². The third-order valence-corrected chi connectivity index (χ3v) is 6.35. The van der Waals surface area contributed by atoms with Gasteiger partial charge < -0.3 is 9.47 Å². The van der Waals surface area contributed by atoms with Crippen LogP contribution >= 0.6 is 39.9 Å². The molecule has 2 aromatic rings. The van der Waals surface area contributed by atoms with Gasteiger partial charge in [0.05, 0.1) is 4.91 Å². The standard InChI is InChI=1S/C22H22BrNO3S2/c1-4-15-9-14(2)10-18(11-15)26-7-8-27-19-6-5-17(23)12-16(19)13-20-21(25)24(3)22(28)29-20/h5-6,9-13H,4,7-8H2,1-3H3/b20-13+. The molecule has 4 nitrogen and oxygen atoms in total. The number of aryl methyl sites for hydroxylation is 2. The molecule has 0 unspecified atom stereocenters. The van der Waals surface area contributed by atoms with Crippen molar-refractivity contribution in [3.8, 4) is 11.5 Å². The first-order valence-electron chi connectivity index (χ1n) is 9.24. The summed E-state index contributed by atoms with van der Waals surface area (Å²) in [5.74, 6) is 1.45. The minimum absolute atomic E-state index is 0.0968. The monoisotopic (exact) mass is 491 g/mol. The maximum Gasteiger partial charge on any atom is 0.265 e. The molecule has 1 amide bonds. The lowest BCUT2D eigenvalue weighted by Gasteiger charge is -2.12. The number of carbonyl (C=O) groups is 1. The van der Waals surface area contributed by atoms with Crippen molar-refractivity contribution in [3.63, 3.8) is 0 Å². The van der Waals surface area contributed by atoms with Gasteiger partial charge in [-0.3, -0.25) is 9.69 Å².